The number of nitrogens with zero attached hydrogens (tertiary/aromatic N) is 4. The molecule has 8 heteroatoms. The molecule has 0 aliphatic carbocycles. The summed E-state index contributed by atoms with van der Waals surface area (Å²) in [6.45, 7) is 4.76. The van der Waals surface area contributed by atoms with Crippen LogP contribution in [-0.2, 0) is 16.6 Å². The number of Topliss-reactive ketones (excluding diaryl/α,β-unsaturated/α-hetero) is 1. The Morgan fingerprint density at radius 3 is 2.37 bits per heavy atom. The molecule has 1 amide bonds. The monoisotopic (exact) mass is 430 g/mol. The summed E-state index contributed by atoms with van der Waals surface area (Å²) in [6, 6.07) is 6.33. The molecule has 1 fully saturated rings. The van der Waals surface area contributed by atoms with Crippen molar-refractivity contribution in [2.45, 2.75) is 26.3 Å². The van der Waals surface area contributed by atoms with Gasteiger partial charge in [-0.3, -0.25) is 14.3 Å². The minimum atomic E-state index is -0.681. The third-order valence-corrected chi connectivity index (χ3v) is 5.73. The smallest absolute Gasteiger partial charge is 0.295 e. The second-order valence-electron chi connectivity index (χ2n) is 7.87. The second-order valence-corrected chi connectivity index (χ2v) is 8.31. The molecule has 0 radical (unpaired) electrons. The molecule has 1 atom stereocenters. The maximum atomic E-state index is 13.0. The van der Waals surface area contributed by atoms with Gasteiger partial charge in [-0.05, 0) is 58.6 Å². The summed E-state index contributed by atoms with van der Waals surface area (Å²) in [6.07, 6.45) is 0.703. The highest BCUT2D eigenvalue weighted by molar-refractivity contribution is 6.46. The lowest BCUT2D eigenvalue weighted by molar-refractivity contribution is -0.139. The van der Waals surface area contributed by atoms with Crippen molar-refractivity contribution in [3.63, 3.8) is 0 Å². The van der Waals surface area contributed by atoms with Gasteiger partial charge >= 0.3 is 0 Å². The van der Waals surface area contributed by atoms with Crippen LogP contribution in [0, 0.1) is 13.8 Å². The first-order valence-corrected chi connectivity index (χ1v) is 10.2. The number of hydrogen-bond donors (Lipinski definition) is 1. The number of hydrogen-bond acceptors (Lipinski definition) is 5. The molecule has 1 saturated heterocycles. The molecule has 1 aromatic carbocycles. The van der Waals surface area contributed by atoms with Gasteiger partial charge in [0.15, 0.2) is 0 Å². The molecule has 1 aliphatic rings. The highest BCUT2D eigenvalue weighted by Gasteiger charge is 2.46. The minimum absolute atomic E-state index is 0.0892. The Labute approximate surface area is 181 Å². The number of halogens is 1. The largest absolute Gasteiger partial charge is 0.507 e. The summed E-state index contributed by atoms with van der Waals surface area (Å²) >= 11 is 6.04. The van der Waals surface area contributed by atoms with Crippen LogP contribution in [0.5, 0.6) is 0 Å². The van der Waals surface area contributed by atoms with Crippen molar-refractivity contribution in [1.82, 2.24) is 19.6 Å². The second kappa shape index (κ2) is 8.62. The zero-order valence-electron chi connectivity index (χ0n) is 17.9. The van der Waals surface area contributed by atoms with Gasteiger partial charge < -0.3 is 14.9 Å². The number of ketones is 1. The Hall–Kier alpha value is -2.64. The van der Waals surface area contributed by atoms with Gasteiger partial charge in [0.05, 0.1) is 22.9 Å². The molecule has 2 heterocycles. The Bertz CT molecular complexity index is 1010. The zero-order chi connectivity index (χ0) is 22.2. The predicted octanol–water partition coefficient (Wildman–Crippen LogP) is 3.06. The van der Waals surface area contributed by atoms with Gasteiger partial charge in [0.25, 0.3) is 11.7 Å². The van der Waals surface area contributed by atoms with Crippen molar-refractivity contribution in [1.29, 1.82) is 0 Å². The first-order valence-electron chi connectivity index (χ1n) is 9.82. The van der Waals surface area contributed by atoms with Crippen molar-refractivity contribution in [3.05, 3.63) is 57.4 Å². The first kappa shape index (κ1) is 22.1. The minimum Gasteiger partial charge on any atom is -0.507 e. The van der Waals surface area contributed by atoms with Crippen LogP contribution in [0.4, 0.5) is 0 Å². The van der Waals surface area contributed by atoms with E-state index >= 15 is 0 Å². The predicted molar refractivity (Wildman–Crippen MR) is 116 cm³/mol. The molecule has 1 N–H and O–H groups in total. The Balaban J connectivity index is 2.14. The van der Waals surface area contributed by atoms with Crippen LogP contribution >= 0.6 is 11.6 Å². The zero-order valence-corrected chi connectivity index (χ0v) is 18.7. The van der Waals surface area contributed by atoms with Crippen LogP contribution in [0.25, 0.3) is 5.76 Å². The lowest BCUT2D eigenvalue weighted by atomic mass is 9.94. The van der Waals surface area contributed by atoms with Crippen molar-refractivity contribution in [2.24, 2.45) is 7.05 Å². The van der Waals surface area contributed by atoms with Crippen LogP contribution in [-0.4, -0.2) is 63.6 Å². The van der Waals surface area contributed by atoms with E-state index in [9.17, 15) is 14.7 Å². The topological polar surface area (TPSA) is 78.7 Å². The summed E-state index contributed by atoms with van der Waals surface area (Å²) in [5.74, 6) is -1.47. The molecule has 1 aromatic heterocycles. The van der Waals surface area contributed by atoms with Gasteiger partial charge in [-0.2, -0.15) is 5.10 Å². The number of aromatic nitrogens is 2. The highest BCUT2D eigenvalue weighted by Crippen LogP contribution is 2.40. The van der Waals surface area contributed by atoms with E-state index in [0.717, 1.165) is 17.8 Å². The fraction of sp³-hybridized carbons (Fsp3) is 0.409. The van der Waals surface area contributed by atoms with Crippen LogP contribution in [0.2, 0.25) is 5.02 Å². The van der Waals surface area contributed by atoms with Crippen LogP contribution in [0.15, 0.2) is 29.8 Å². The van der Waals surface area contributed by atoms with E-state index < -0.39 is 17.7 Å². The van der Waals surface area contributed by atoms with E-state index in [1.807, 2.05) is 25.9 Å². The van der Waals surface area contributed by atoms with E-state index in [1.54, 1.807) is 47.8 Å². The number of amides is 1. The molecule has 30 heavy (non-hydrogen) atoms. The van der Waals surface area contributed by atoms with Crippen LogP contribution in [0.3, 0.4) is 0 Å². The summed E-state index contributed by atoms with van der Waals surface area (Å²) in [5, 5.41) is 16.1. The Kier molecular flexibility index (Phi) is 6.33. The number of aliphatic hydroxyl groups excluding tert-OH is 1. The van der Waals surface area contributed by atoms with Gasteiger partial charge in [0.1, 0.15) is 5.76 Å². The summed E-state index contributed by atoms with van der Waals surface area (Å²) in [5.41, 5.74) is 2.62. The summed E-state index contributed by atoms with van der Waals surface area (Å²) < 4.78 is 1.65. The lowest BCUT2D eigenvalue weighted by Gasteiger charge is -2.26. The third-order valence-electron chi connectivity index (χ3n) is 5.48. The number of likely N-dealkylation sites (tertiary alicyclic amines) is 1. The molecule has 0 bridgehead atoms. The SMILES string of the molecule is Cc1nn(C)c(C)c1C(O)=C1C(=O)C(=O)N(CCCN(C)C)[C@H]1c1ccc(Cl)cc1. The molecular formula is C22H27ClN4O3. The standard InChI is InChI=1S/C22H27ClN4O3/c1-13-17(14(2)26(5)24-13)20(28)18-19(15-7-9-16(23)10-8-15)27(22(30)21(18)29)12-6-11-25(3)4/h7-10,19,28H,6,11-12H2,1-5H3/t19-/m0/s1. The van der Waals surface area contributed by atoms with E-state index in [-0.39, 0.29) is 11.3 Å². The molecule has 2 aromatic rings. The molecule has 0 spiro atoms. The summed E-state index contributed by atoms with van der Waals surface area (Å²) in [4.78, 5) is 29.5. The normalized spacial score (nSPS) is 18.6. The number of carbonyl (C=O) groups excluding carboxylic acids is 2. The third kappa shape index (κ3) is 4.00. The fourth-order valence-electron chi connectivity index (χ4n) is 3.91. The Morgan fingerprint density at radius 2 is 1.83 bits per heavy atom. The maximum absolute atomic E-state index is 13.0. The number of aryl methyl sites for hydroxylation is 2. The molecule has 160 valence electrons. The van der Waals surface area contributed by atoms with Crippen molar-refractivity contribution in [2.75, 3.05) is 27.2 Å². The van der Waals surface area contributed by atoms with Crippen molar-refractivity contribution in [3.8, 4) is 0 Å². The molecule has 0 unspecified atom stereocenters. The molecule has 7 nitrogen and oxygen atoms in total. The highest BCUT2D eigenvalue weighted by atomic mass is 35.5. The van der Waals surface area contributed by atoms with Gasteiger partial charge in [-0.15, -0.1) is 0 Å². The van der Waals surface area contributed by atoms with Gasteiger partial charge in [0, 0.05) is 24.3 Å². The first-order chi connectivity index (χ1) is 14.1. The van der Waals surface area contributed by atoms with E-state index in [4.69, 9.17) is 11.6 Å². The van der Waals surface area contributed by atoms with Crippen LogP contribution in [0.1, 0.15) is 35.0 Å². The number of rotatable bonds is 6. The maximum Gasteiger partial charge on any atom is 0.295 e. The van der Waals surface area contributed by atoms with Gasteiger partial charge in [0.2, 0.25) is 0 Å². The van der Waals surface area contributed by atoms with E-state index in [1.165, 1.54) is 0 Å². The number of carbonyl (C=O) groups is 2. The molecule has 0 saturated carbocycles. The Morgan fingerprint density at radius 1 is 1.20 bits per heavy atom. The summed E-state index contributed by atoms with van der Waals surface area (Å²) in [7, 11) is 5.69. The van der Waals surface area contributed by atoms with E-state index in [2.05, 4.69) is 5.10 Å². The average Bonchev–Trinajstić information content (AvgIpc) is 3.08. The van der Waals surface area contributed by atoms with Gasteiger partial charge in [-0.25, -0.2) is 0 Å². The van der Waals surface area contributed by atoms with Crippen molar-refractivity contribution >= 4 is 29.1 Å². The molecule has 1 aliphatic heterocycles. The number of aliphatic hydroxyl groups is 1. The van der Waals surface area contributed by atoms with Crippen molar-refractivity contribution < 1.29 is 14.7 Å². The molecular weight excluding hydrogens is 404 g/mol. The molecule has 3 rings (SSSR count). The van der Waals surface area contributed by atoms with Gasteiger partial charge in [-0.1, -0.05) is 23.7 Å². The fourth-order valence-corrected chi connectivity index (χ4v) is 4.04. The number of benzene rings is 1. The van der Waals surface area contributed by atoms with E-state index in [0.29, 0.717) is 29.2 Å². The quantitative estimate of drug-likeness (QED) is 0.433. The van der Waals surface area contributed by atoms with Crippen LogP contribution < -0.4 is 0 Å². The lowest BCUT2D eigenvalue weighted by Crippen LogP contribution is -2.32. The average molecular weight is 431 g/mol.